The molecule has 7 heteroatoms. The van der Waals surface area contributed by atoms with Gasteiger partial charge in [-0.3, -0.25) is 4.79 Å². The van der Waals surface area contributed by atoms with E-state index in [4.69, 9.17) is 21.1 Å². The zero-order chi connectivity index (χ0) is 18.1. The molecule has 25 heavy (non-hydrogen) atoms. The lowest BCUT2D eigenvalue weighted by Gasteiger charge is -2.16. The Morgan fingerprint density at radius 2 is 1.96 bits per heavy atom. The van der Waals surface area contributed by atoms with E-state index >= 15 is 0 Å². The van der Waals surface area contributed by atoms with E-state index in [0.717, 1.165) is 6.07 Å². The number of carbonyl (C=O) groups excluding carboxylic acids is 2. The van der Waals surface area contributed by atoms with Gasteiger partial charge in [-0.1, -0.05) is 29.8 Å². The Morgan fingerprint density at radius 3 is 2.72 bits per heavy atom. The highest BCUT2D eigenvalue weighted by Gasteiger charge is 2.38. The van der Waals surface area contributed by atoms with E-state index in [0.29, 0.717) is 6.42 Å². The number of rotatable bonds is 0. The van der Waals surface area contributed by atoms with E-state index in [1.807, 2.05) is 6.08 Å². The van der Waals surface area contributed by atoms with Crippen LogP contribution in [-0.2, 0) is 20.7 Å². The van der Waals surface area contributed by atoms with Crippen LogP contribution < -0.4 is 0 Å². The molecule has 6 nitrogen and oxygen atoms in total. The SMILES string of the molecule is C[C@@H]1C[C@H]2OC2/C=C\C=C\C(=O)Cc2c(Cl)c(O)cc(O)c2C(=O)O1. The summed E-state index contributed by atoms with van der Waals surface area (Å²) in [4.78, 5) is 24.6. The number of benzene rings is 1. The van der Waals surface area contributed by atoms with Crippen LogP contribution in [0.4, 0.5) is 0 Å². The number of carbonyl (C=O) groups is 2. The molecule has 2 N–H and O–H groups in total. The Hall–Kier alpha value is -2.31. The van der Waals surface area contributed by atoms with Crippen molar-refractivity contribution in [3.63, 3.8) is 0 Å². The Kier molecular flexibility index (Phi) is 4.83. The van der Waals surface area contributed by atoms with Gasteiger partial charge in [-0.05, 0) is 13.0 Å². The van der Waals surface area contributed by atoms with Crippen LogP contribution in [0, 0.1) is 0 Å². The van der Waals surface area contributed by atoms with Crippen molar-refractivity contribution >= 4 is 23.4 Å². The molecule has 0 bridgehead atoms. The second-order valence-corrected chi connectivity index (χ2v) is 6.44. The number of phenolic OH excluding ortho intramolecular Hbond substituents is 2. The number of fused-ring (bicyclic) bond motifs is 2. The topological polar surface area (TPSA) is 96.4 Å². The summed E-state index contributed by atoms with van der Waals surface area (Å²) in [5.41, 5.74) is -0.176. The fourth-order valence-electron chi connectivity index (χ4n) is 2.78. The number of phenols is 2. The van der Waals surface area contributed by atoms with Crippen molar-refractivity contribution < 1.29 is 29.3 Å². The van der Waals surface area contributed by atoms with Crippen LogP contribution in [0.1, 0.15) is 29.3 Å². The average molecular weight is 365 g/mol. The summed E-state index contributed by atoms with van der Waals surface area (Å²) in [5.74, 6) is -2.04. The number of halogens is 1. The average Bonchev–Trinajstić information content (AvgIpc) is 3.25. The Balaban J connectivity index is 2.01. The van der Waals surface area contributed by atoms with Gasteiger partial charge in [0.1, 0.15) is 29.3 Å². The van der Waals surface area contributed by atoms with E-state index in [2.05, 4.69) is 0 Å². The van der Waals surface area contributed by atoms with Crippen LogP contribution in [-0.4, -0.2) is 40.3 Å². The lowest BCUT2D eigenvalue weighted by atomic mass is 10.00. The molecule has 1 aromatic rings. The molecule has 2 aliphatic rings. The van der Waals surface area contributed by atoms with Crippen LogP contribution in [0.25, 0.3) is 0 Å². The Bertz CT molecular complexity index is 782. The zero-order valence-corrected chi connectivity index (χ0v) is 14.2. The largest absolute Gasteiger partial charge is 0.507 e. The highest BCUT2D eigenvalue weighted by Crippen LogP contribution is 2.37. The third-order valence-corrected chi connectivity index (χ3v) is 4.49. The van der Waals surface area contributed by atoms with Gasteiger partial charge in [-0.15, -0.1) is 0 Å². The van der Waals surface area contributed by atoms with Gasteiger partial charge in [0.2, 0.25) is 0 Å². The van der Waals surface area contributed by atoms with Crippen molar-refractivity contribution in [1.29, 1.82) is 0 Å². The number of hydrogen-bond donors (Lipinski definition) is 2. The summed E-state index contributed by atoms with van der Waals surface area (Å²) in [6, 6.07) is 0.958. The maximum atomic E-state index is 12.5. The first-order valence-electron chi connectivity index (χ1n) is 7.84. The summed E-state index contributed by atoms with van der Waals surface area (Å²) < 4.78 is 10.8. The molecule has 0 aromatic heterocycles. The smallest absolute Gasteiger partial charge is 0.342 e. The molecule has 132 valence electrons. The fraction of sp³-hybridized carbons (Fsp3) is 0.333. The van der Waals surface area contributed by atoms with E-state index in [1.165, 1.54) is 6.08 Å². The van der Waals surface area contributed by atoms with E-state index in [9.17, 15) is 19.8 Å². The first-order chi connectivity index (χ1) is 11.9. The molecule has 2 heterocycles. The van der Waals surface area contributed by atoms with Crippen molar-refractivity contribution in [2.24, 2.45) is 0 Å². The van der Waals surface area contributed by atoms with Gasteiger partial charge in [0.05, 0.1) is 11.1 Å². The molecule has 0 amide bonds. The lowest BCUT2D eigenvalue weighted by Crippen LogP contribution is -2.19. The highest BCUT2D eigenvalue weighted by atomic mass is 35.5. The molecule has 1 fully saturated rings. The monoisotopic (exact) mass is 364 g/mol. The summed E-state index contributed by atoms with van der Waals surface area (Å²) >= 11 is 6.05. The molecule has 0 saturated carbocycles. The number of ether oxygens (including phenoxy) is 2. The molecule has 3 atom stereocenters. The molecule has 0 aliphatic carbocycles. The number of ketones is 1. The third kappa shape index (κ3) is 3.86. The number of esters is 1. The van der Waals surface area contributed by atoms with Crippen LogP contribution >= 0.6 is 11.6 Å². The Labute approximate surface area is 149 Å². The summed E-state index contributed by atoms with van der Waals surface area (Å²) in [6.07, 6.45) is 6.13. The maximum Gasteiger partial charge on any atom is 0.342 e. The normalized spacial score (nSPS) is 29.0. The number of allylic oxidation sites excluding steroid dienone is 3. The molecule has 3 rings (SSSR count). The molecular weight excluding hydrogens is 348 g/mol. The standard InChI is InChI=1S/C18H17ClO6/c1-9-6-15-14(25-15)5-3-2-4-10(20)7-11-16(18(23)24-9)12(21)8-13(22)17(11)19/h2-5,8-9,14-15,21-22H,6-7H2,1H3/b4-2+,5-3-/t9-,14?,15-/m1/s1. The second kappa shape index (κ2) is 6.90. The molecular formula is C18H17ClO6. The molecule has 1 saturated heterocycles. The minimum absolute atomic E-state index is 0.0348. The maximum absolute atomic E-state index is 12.5. The minimum atomic E-state index is -0.802. The van der Waals surface area contributed by atoms with Crippen molar-refractivity contribution in [3.8, 4) is 11.5 Å². The lowest BCUT2D eigenvalue weighted by molar-refractivity contribution is -0.114. The number of cyclic esters (lactones) is 1. The fourth-order valence-corrected chi connectivity index (χ4v) is 3.00. The van der Waals surface area contributed by atoms with Crippen LogP contribution in [0.2, 0.25) is 5.02 Å². The minimum Gasteiger partial charge on any atom is -0.507 e. The number of epoxide rings is 1. The summed E-state index contributed by atoms with van der Waals surface area (Å²) in [5, 5.41) is 19.7. The van der Waals surface area contributed by atoms with Gasteiger partial charge in [-0.25, -0.2) is 4.79 Å². The van der Waals surface area contributed by atoms with Gasteiger partial charge in [0.15, 0.2) is 5.78 Å². The second-order valence-electron chi connectivity index (χ2n) is 6.06. The summed E-state index contributed by atoms with van der Waals surface area (Å²) in [7, 11) is 0. The van der Waals surface area contributed by atoms with Crippen molar-refractivity contribution in [3.05, 3.63) is 46.5 Å². The van der Waals surface area contributed by atoms with E-state index < -0.39 is 23.6 Å². The zero-order valence-electron chi connectivity index (χ0n) is 13.4. The highest BCUT2D eigenvalue weighted by molar-refractivity contribution is 6.33. The summed E-state index contributed by atoms with van der Waals surface area (Å²) in [6.45, 7) is 1.72. The molecule has 2 aliphatic heterocycles. The first kappa shape index (κ1) is 17.5. The number of aromatic hydroxyl groups is 2. The van der Waals surface area contributed by atoms with Gasteiger partial charge >= 0.3 is 5.97 Å². The third-order valence-electron chi connectivity index (χ3n) is 4.06. The Morgan fingerprint density at radius 1 is 1.20 bits per heavy atom. The van der Waals surface area contributed by atoms with Crippen LogP contribution in [0.15, 0.2) is 30.4 Å². The van der Waals surface area contributed by atoms with Gasteiger partial charge < -0.3 is 19.7 Å². The van der Waals surface area contributed by atoms with E-state index in [1.54, 1.807) is 19.1 Å². The van der Waals surface area contributed by atoms with E-state index in [-0.39, 0.29) is 40.6 Å². The molecule has 1 unspecified atom stereocenters. The van der Waals surface area contributed by atoms with Crippen molar-refractivity contribution in [2.75, 3.05) is 0 Å². The molecule has 1 aromatic carbocycles. The van der Waals surface area contributed by atoms with Crippen LogP contribution in [0.3, 0.4) is 0 Å². The predicted octanol–water partition coefficient (Wildman–Crippen LogP) is 2.69. The quantitative estimate of drug-likeness (QED) is 0.542. The predicted molar refractivity (Wildman–Crippen MR) is 89.9 cm³/mol. The first-order valence-corrected chi connectivity index (χ1v) is 8.22. The van der Waals surface area contributed by atoms with Crippen molar-refractivity contribution in [1.82, 2.24) is 0 Å². The molecule has 0 spiro atoms. The van der Waals surface area contributed by atoms with Gasteiger partial charge in [0, 0.05) is 24.5 Å². The van der Waals surface area contributed by atoms with Crippen LogP contribution in [0.5, 0.6) is 11.5 Å². The number of hydrogen-bond acceptors (Lipinski definition) is 6. The van der Waals surface area contributed by atoms with Crippen molar-refractivity contribution in [2.45, 2.75) is 38.1 Å². The van der Waals surface area contributed by atoms with Gasteiger partial charge in [0.25, 0.3) is 0 Å². The van der Waals surface area contributed by atoms with Gasteiger partial charge in [-0.2, -0.15) is 0 Å². The molecule has 0 radical (unpaired) electrons.